The van der Waals surface area contributed by atoms with Gasteiger partial charge in [0, 0.05) is 32.7 Å². The molecule has 1 aromatic rings. The minimum Gasteiger partial charge on any atom is -0.466 e. The van der Waals surface area contributed by atoms with E-state index in [-0.39, 0.29) is 17.9 Å². The number of furan rings is 1. The fourth-order valence-corrected chi connectivity index (χ4v) is 3.92. The van der Waals surface area contributed by atoms with Crippen LogP contribution in [0.2, 0.25) is 0 Å². The van der Waals surface area contributed by atoms with E-state index in [4.69, 9.17) is 4.42 Å². The lowest BCUT2D eigenvalue weighted by Crippen LogP contribution is -2.57. The fourth-order valence-electron chi connectivity index (χ4n) is 3.92. The molecular formula is C19H29N3O3. The zero-order chi connectivity index (χ0) is 18.0. The van der Waals surface area contributed by atoms with Crippen molar-refractivity contribution in [3.05, 3.63) is 23.2 Å². The zero-order valence-corrected chi connectivity index (χ0v) is 15.6. The van der Waals surface area contributed by atoms with E-state index in [1.165, 1.54) is 0 Å². The van der Waals surface area contributed by atoms with Crippen molar-refractivity contribution in [2.75, 3.05) is 39.3 Å². The molecule has 138 valence electrons. The molecule has 25 heavy (non-hydrogen) atoms. The summed E-state index contributed by atoms with van der Waals surface area (Å²) in [6.45, 7) is 10.8. The number of amides is 2. The first-order valence-electron chi connectivity index (χ1n) is 9.40. The molecule has 3 rings (SSSR count). The molecule has 2 fully saturated rings. The molecule has 2 amide bonds. The topological polar surface area (TPSA) is 57.0 Å². The van der Waals surface area contributed by atoms with Crippen molar-refractivity contribution in [3.8, 4) is 0 Å². The summed E-state index contributed by atoms with van der Waals surface area (Å²) in [5.41, 5.74) is 0.591. The molecule has 0 spiro atoms. The van der Waals surface area contributed by atoms with Crippen molar-refractivity contribution in [2.45, 2.75) is 46.1 Å². The standard InChI is InChI=1S/C19H29N3O3/c1-4-20-9-11-21(12-10-20)19(24)17-7-5-6-8-22(17)18(23)16-13-14(2)25-15(16)3/h13,17H,4-12H2,1-3H3/t17-/m0/s1. The monoisotopic (exact) mass is 347 g/mol. The molecule has 0 aliphatic carbocycles. The Kier molecular flexibility index (Phi) is 5.47. The second kappa shape index (κ2) is 7.60. The van der Waals surface area contributed by atoms with Gasteiger partial charge in [-0.1, -0.05) is 6.92 Å². The summed E-state index contributed by atoms with van der Waals surface area (Å²) in [6.07, 6.45) is 2.71. The van der Waals surface area contributed by atoms with Gasteiger partial charge in [-0.3, -0.25) is 9.59 Å². The highest BCUT2D eigenvalue weighted by Crippen LogP contribution is 2.24. The quantitative estimate of drug-likeness (QED) is 0.840. The minimum absolute atomic E-state index is 0.0698. The Morgan fingerprint density at radius 1 is 1.12 bits per heavy atom. The summed E-state index contributed by atoms with van der Waals surface area (Å²) >= 11 is 0. The van der Waals surface area contributed by atoms with Crippen LogP contribution in [-0.2, 0) is 4.79 Å². The largest absolute Gasteiger partial charge is 0.466 e. The van der Waals surface area contributed by atoms with Crippen LogP contribution in [0.5, 0.6) is 0 Å². The molecule has 2 aliphatic heterocycles. The van der Waals surface area contributed by atoms with Crippen molar-refractivity contribution >= 4 is 11.8 Å². The van der Waals surface area contributed by atoms with Crippen LogP contribution >= 0.6 is 0 Å². The van der Waals surface area contributed by atoms with Crippen molar-refractivity contribution in [1.29, 1.82) is 0 Å². The highest BCUT2D eigenvalue weighted by Gasteiger charge is 2.36. The number of piperazine rings is 1. The van der Waals surface area contributed by atoms with Gasteiger partial charge in [-0.2, -0.15) is 0 Å². The van der Waals surface area contributed by atoms with Gasteiger partial charge in [0.15, 0.2) is 0 Å². The second-order valence-electron chi connectivity index (χ2n) is 7.10. The summed E-state index contributed by atoms with van der Waals surface area (Å²) in [4.78, 5) is 32.2. The summed E-state index contributed by atoms with van der Waals surface area (Å²) in [5.74, 6) is 1.41. The molecule has 0 radical (unpaired) electrons. The second-order valence-corrected chi connectivity index (χ2v) is 7.10. The van der Waals surface area contributed by atoms with E-state index in [9.17, 15) is 9.59 Å². The Morgan fingerprint density at radius 3 is 2.44 bits per heavy atom. The van der Waals surface area contributed by atoms with Crippen LogP contribution in [0.1, 0.15) is 48.1 Å². The van der Waals surface area contributed by atoms with Crippen LogP contribution in [0.15, 0.2) is 10.5 Å². The van der Waals surface area contributed by atoms with Gasteiger partial charge in [0.1, 0.15) is 17.6 Å². The molecule has 0 saturated carbocycles. The number of aryl methyl sites for hydroxylation is 2. The Hall–Kier alpha value is -1.82. The smallest absolute Gasteiger partial charge is 0.258 e. The lowest BCUT2D eigenvalue weighted by molar-refractivity contribution is -0.139. The Morgan fingerprint density at radius 2 is 1.84 bits per heavy atom. The Labute approximate surface area is 149 Å². The van der Waals surface area contributed by atoms with Crippen LogP contribution in [0.3, 0.4) is 0 Å². The molecular weight excluding hydrogens is 318 g/mol. The number of piperidine rings is 1. The van der Waals surface area contributed by atoms with Gasteiger partial charge >= 0.3 is 0 Å². The summed E-state index contributed by atoms with van der Waals surface area (Å²) < 4.78 is 5.51. The summed E-state index contributed by atoms with van der Waals surface area (Å²) in [6, 6.07) is 1.46. The minimum atomic E-state index is -0.330. The van der Waals surface area contributed by atoms with Crippen LogP contribution in [-0.4, -0.2) is 71.8 Å². The van der Waals surface area contributed by atoms with Gasteiger partial charge in [0.25, 0.3) is 5.91 Å². The zero-order valence-electron chi connectivity index (χ0n) is 15.6. The molecule has 6 heteroatoms. The molecule has 0 unspecified atom stereocenters. The third kappa shape index (κ3) is 3.73. The first kappa shape index (κ1) is 18.0. The predicted molar refractivity (Wildman–Crippen MR) is 95.6 cm³/mol. The first-order valence-corrected chi connectivity index (χ1v) is 9.40. The molecule has 2 aliphatic rings. The van der Waals surface area contributed by atoms with E-state index in [2.05, 4.69) is 11.8 Å². The summed E-state index contributed by atoms with van der Waals surface area (Å²) in [7, 11) is 0. The highest BCUT2D eigenvalue weighted by molar-refractivity contribution is 5.98. The van der Waals surface area contributed by atoms with Gasteiger partial charge in [-0.05, 0) is 45.7 Å². The summed E-state index contributed by atoms with van der Waals surface area (Å²) in [5, 5.41) is 0. The van der Waals surface area contributed by atoms with Crippen molar-refractivity contribution in [3.63, 3.8) is 0 Å². The highest BCUT2D eigenvalue weighted by atomic mass is 16.3. The van der Waals surface area contributed by atoms with Crippen molar-refractivity contribution < 1.29 is 14.0 Å². The predicted octanol–water partition coefficient (Wildman–Crippen LogP) is 2.06. The maximum Gasteiger partial charge on any atom is 0.258 e. The van der Waals surface area contributed by atoms with E-state index in [1.54, 1.807) is 11.0 Å². The van der Waals surface area contributed by atoms with Crippen molar-refractivity contribution in [2.24, 2.45) is 0 Å². The van der Waals surface area contributed by atoms with Gasteiger partial charge in [-0.25, -0.2) is 0 Å². The van der Waals surface area contributed by atoms with Gasteiger partial charge < -0.3 is 19.1 Å². The van der Waals surface area contributed by atoms with Gasteiger partial charge in [0.05, 0.1) is 5.56 Å². The number of carbonyl (C=O) groups is 2. The Balaban J connectivity index is 1.73. The molecule has 0 bridgehead atoms. The van der Waals surface area contributed by atoms with E-state index >= 15 is 0 Å². The van der Waals surface area contributed by atoms with Crippen LogP contribution < -0.4 is 0 Å². The molecule has 0 aromatic carbocycles. The lowest BCUT2D eigenvalue weighted by atomic mass is 9.99. The van der Waals surface area contributed by atoms with E-state index in [0.717, 1.165) is 57.7 Å². The van der Waals surface area contributed by atoms with E-state index in [1.807, 2.05) is 18.7 Å². The normalized spacial score (nSPS) is 22.3. The molecule has 1 atom stereocenters. The van der Waals surface area contributed by atoms with Crippen molar-refractivity contribution in [1.82, 2.24) is 14.7 Å². The SMILES string of the molecule is CCN1CCN(C(=O)[C@@H]2CCCCN2C(=O)c2cc(C)oc2C)CC1. The van der Waals surface area contributed by atoms with E-state index in [0.29, 0.717) is 17.9 Å². The Bertz CT molecular complexity index is 632. The third-order valence-corrected chi connectivity index (χ3v) is 5.45. The molecule has 3 heterocycles. The lowest BCUT2D eigenvalue weighted by Gasteiger charge is -2.40. The number of likely N-dealkylation sites (tertiary alicyclic amines) is 1. The first-order chi connectivity index (χ1) is 12.0. The third-order valence-electron chi connectivity index (χ3n) is 5.45. The molecule has 6 nitrogen and oxygen atoms in total. The number of rotatable bonds is 3. The fraction of sp³-hybridized carbons (Fsp3) is 0.684. The number of carbonyl (C=O) groups excluding carboxylic acids is 2. The average molecular weight is 347 g/mol. The number of hydrogen-bond acceptors (Lipinski definition) is 4. The van der Waals surface area contributed by atoms with E-state index < -0.39 is 0 Å². The van der Waals surface area contributed by atoms with Crippen LogP contribution in [0, 0.1) is 13.8 Å². The van der Waals surface area contributed by atoms with Crippen LogP contribution in [0.25, 0.3) is 0 Å². The number of likely N-dealkylation sites (N-methyl/N-ethyl adjacent to an activating group) is 1. The van der Waals surface area contributed by atoms with Gasteiger partial charge in [0.2, 0.25) is 5.91 Å². The number of hydrogen-bond donors (Lipinski definition) is 0. The molecule has 2 saturated heterocycles. The van der Waals surface area contributed by atoms with Gasteiger partial charge in [-0.15, -0.1) is 0 Å². The molecule has 0 N–H and O–H groups in total. The maximum atomic E-state index is 13.1. The number of nitrogens with zero attached hydrogens (tertiary/aromatic N) is 3. The average Bonchev–Trinajstić information content (AvgIpc) is 2.98. The van der Waals surface area contributed by atoms with Crippen LogP contribution in [0.4, 0.5) is 0 Å². The molecule has 1 aromatic heterocycles. The maximum absolute atomic E-state index is 13.1.